The lowest BCUT2D eigenvalue weighted by Gasteiger charge is -2.18. The van der Waals surface area contributed by atoms with E-state index in [4.69, 9.17) is 59.0 Å². The lowest BCUT2D eigenvalue weighted by Crippen LogP contribution is -2.30. The normalized spacial score (nSPS) is 12.4. The molecule has 0 aromatic heterocycles. The molecule has 0 aliphatic heterocycles. The highest BCUT2D eigenvalue weighted by Gasteiger charge is 2.22. The second kappa shape index (κ2) is 60.1. The number of nitrogens with one attached hydrogen (secondary N) is 2. The van der Waals surface area contributed by atoms with Crippen LogP contribution in [0, 0.1) is 0 Å². The Balaban J connectivity index is 5.02. The molecule has 0 aliphatic rings. The highest BCUT2D eigenvalue weighted by atomic mass is 16.7. The SMILES string of the molecule is CCCCNOC(=O)CCCCCCCC(=O)OC(COC(=O)CCCCCCCC(=O)OCC(COC(=O)CCCCCCCC(=O)OC(N)CCC)OC(=O)CCCCCCCC(=O)OC(N)CCC)COC(=O)CCCCCC(=O)ONCCCC. The molecular formula is C65H116N4O20. The Kier molecular flexibility index (Phi) is 56.4. The maximum atomic E-state index is 12.9. The molecule has 0 aromatic carbocycles. The molecule has 0 spiro atoms. The predicted octanol–water partition coefficient (Wildman–Crippen LogP) is 10.8. The van der Waals surface area contributed by atoms with Gasteiger partial charge in [0.2, 0.25) is 0 Å². The van der Waals surface area contributed by atoms with Crippen LogP contribution in [0.3, 0.4) is 0 Å². The maximum Gasteiger partial charge on any atom is 0.324 e. The first-order valence-corrected chi connectivity index (χ1v) is 33.8. The number of carbonyl (C=O) groups excluding carboxylic acids is 10. The molecule has 0 saturated heterocycles. The van der Waals surface area contributed by atoms with Gasteiger partial charge in [0.15, 0.2) is 24.7 Å². The van der Waals surface area contributed by atoms with Gasteiger partial charge in [-0.25, -0.2) is 0 Å². The Morgan fingerprint density at radius 3 is 0.730 bits per heavy atom. The van der Waals surface area contributed by atoms with Crippen LogP contribution in [0.4, 0.5) is 0 Å². The fourth-order valence-corrected chi connectivity index (χ4v) is 8.75. The highest BCUT2D eigenvalue weighted by Crippen LogP contribution is 2.16. The summed E-state index contributed by atoms with van der Waals surface area (Å²) < 4.78 is 43.4. The van der Waals surface area contributed by atoms with E-state index in [1.54, 1.807) is 0 Å². The zero-order valence-electron chi connectivity index (χ0n) is 54.9. The summed E-state index contributed by atoms with van der Waals surface area (Å²) in [5, 5.41) is 0. The van der Waals surface area contributed by atoms with Crippen molar-refractivity contribution in [1.82, 2.24) is 11.0 Å². The minimum absolute atomic E-state index is 0.0841. The lowest BCUT2D eigenvalue weighted by molar-refractivity contribution is -0.167. The fraction of sp³-hybridized carbons (Fsp3) is 0.846. The number of rotatable bonds is 62. The van der Waals surface area contributed by atoms with Crippen molar-refractivity contribution in [2.75, 3.05) is 39.5 Å². The van der Waals surface area contributed by atoms with Crippen LogP contribution in [-0.4, -0.2) is 124 Å². The van der Waals surface area contributed by atoms with Gasteiger partial charge in [0, 0.05) is 77.3 Å². The van der Waals surface area contributed by atoms with Crippen LogP contribution >= 0.6 is 0 Å². The van der Waals surface area contributed by atoms with E-state index in [1.165, 1.54) is 0 Å². The van der Waals surface area contributed by atoms with Crippen LogP contribution < -0.4 is 22.4 Å². The summed E-state index contributed by atoms with van der Waals surface area (Å²) in [6.07, 6.45) is 20.3. The number of carbonyl (C=O) groups is 10. The molecule has 0 rings (SSSR count). The predicted molar refractivity (Wildman–Crippen MR) is 332 cm³/mol. The van der Waals surface area contributed by atoms with Crippen LogP contribution in [-0.2, 0) is 95.5 Å². The standard InChI is InChI=1S/C65H116N4O20/c1-5-9-46-68-88-64(78)44-31-22-14-19-28-41-61(75)85-53(51-83-59(73)39-32-23-33-45-65(79)89-69-47-10-6-2)50-82-57(71)37-25-16-11-15-24-36-56(70)80-48-52(84-60(74)40-27-18-13-21-30-43-63(77)87-55(67)35-8-4)49-81-58(72)38-26-17-12-20-29-42-62(76)86-54(66)34-7-3/h52-55,68-69H,5-51,66-67H2,1-4H3. The number of nitrogens with two attached hydrogens (primary N) is 2. The molecular weight excluding hydrogens is 1160 g/mol. The quantitative estimate of drug-likeness (QED) is 0.0144. The molecule has 0 bridgehead atoms. The van der Waals surface area contributed by atoms with Gasteiger partial charge in [-0.15, -0.1) is 0 Å². The van der Waals surface area contributed by atoms with E-state index in [-0.39, 0.29) is 108 Å². The van der Waals surface area contributed by atoms with Crippen molar-refractivity contribution >= 4 is 59.7 Å². The van der Waals surface area contributed by atoms with Crippen molar-refractivity contribution < 1.29 is 95.5 Å². The summed E-state index contributed by atoms with van der Waals surface area (Å²) in [7, 11) is 0. The molecule has 24 nitrogen and oxygen atoms in total. The van der Waals surface area contributed by atoms with Crippen molar-refractivity contribution in [3.05, 3.63) is 0 Å². The van der Waals surface area contributed by atoms with E-state index in [9.17, 15) is 47.9 Å². The third-order valence-electron chi connectivity index (χ3n) is 14.0. The third kappa shape index (κ3) is 57.4. The number of hydrogen-bond acceptors (Lipinski definition) is 24. The Labute approximate surface area is 531 Å². The van der Waals surface area contributed by atoms with E-state index >= 15 is 0 Å². The smallest absolute Gasteiger partial charge is 0.324 e. The number of unbranched alkanes of at least 4 members (excludes halogenated alkanes) is 20. The average molecular weight is 1270 g/mol. The number of esters is 8. The Morgan fingerprint density at radius 2 is 0.483 bits per heavy atom. The second-order valence-electron chi connectivity index (χ2n) is 22.7. The summed E-state index contributed by atoms with van der Waals surface area (Å²) in [6, 6.07) is 0. The Bertz CT molecular complexity index is 1890. The van der Waals surface area contributed by atoms with Gasteiger partial charge in [-0.05, 0) is 89.9 Å². The molecule has 0 heterocycles. The fourth-order valence-electron chi connectivity index (χ4n) is 8.75. The molecule has 4 unspecified atom stereocenters. The van der Waals surface area contributed by atoms with Crippen molar-refractivity contribution in [3.63, 3.8) is 0 Å². The third-order valence-corrected chi connectivity index (χ3v) is 14.0. The van der Waals surface area contributed by atoms with Crippen molar-refractivity contribution in [3.8, 4) is 0 Å². The first-order chi connectivity index (χ1) is 43.0. The monoisotopic (exact) mass is 1270 g/mol. The summed E-state index contributed by atoms with van der Waals surface area (Å²) >= 11 is 0. The Hall–Kier alpha value is -5.46. The zero-order valence-corrected chi connectivity index (χ0v) is 54.9. The first-order valence-electron chi connectivity index (χ1n) is 33.8. The number of hydroxylamine groups is 2. The molecule has 0 saturated carbocycles. The van der Waals surface area contributed by atoms with Gasteiger partial charge in [-0.3, -0.25) is 59.4 Å². The maximum absolute atomic E-state index is 12.9. The Morgan fingerprint density at radius 1 is 0.270 bits per heavy atom. The summed E-state index contributed by atoms with van der Waals surface area (Å²) in [5.74, 6) is -4.39. The molecule has 4 atom stereocenters. The van der Waals surface area contributed by atoms with Crippen molar-refractivity contribution in [2.45, 2.75) is 316 Å². The van der Waals surface area contributed by atoms with Gasteiger partial charge < -0.3 is 47.6 Å². The van der Waals surface area contributed by atoms with Gasteiger partial charge in [0.1, 0.15) is 26.4 Å². The van der Waals surface area contributed by atoms with E-state index < -0.39 is 60.5 Å². The minimum atomic E-state index is -1.02. The summed E-state index contributed by atoms with van der Waals surface area (Å²) in [5.41, 5.74) is 16.9. The van der Waals surface area contributed by atoms with Crippen molar-refractivity contribution in [1.29, 1.82) is 0 Å². The van der Waals surface area contributed by atoms with E-state index in [1.807, 2.05) is 27.7 Å². The van der Waals surface area contributed by atoms with Crippen LogP contribution in [0.5, 0.6) is 0 Å². The zero-order chi connectivity index (χ0) is 65.8. The van der Waals surface area contributed by atoms with Crippen molar-refractivity contribution in [2.24, 2.45) is 11.5 Å². The second-order valence-corrected chi connectivity index (χ2v) is 22.7. The molecule has 516 valence electrons. The van der Waals surface area contributed by atoms with Crippen LogP contribution in [0.2, 0.25) is 0 Å². The minimum Gasteiger partial charge on any atom is -0.462 e. The molecule has 6 N–H and O–H groups in total. The molecule has 0 fully saturated rings. The van der Waals surface area contributed by atoms with Gasteiger partial charge >= 0.3 is 59.7 Å². The van der Waals surface area contributed by atoms with Crippen LogP contribution in [0.1, 0.15) is 291 Å². The van der Waals surface area contributed by atoms with Gasteiger partial charge in [-0.2, -0.15) is 11.0 Å². The highest BCUT2D eigenvalue weighted by molar-refractivity contribution is 5.73. The van der Waals surface area contributed by atoms with Crippen LogP contribution in [0.15, 0.2) is 0 Å². The largest absolute Gasteiger partial charge is 0.462 e. The first kappa shape index (κ1) is 83.5. The molecule has 89 heavy (non-hydrogen) atoms. The molecule has 24 heteroatoms. The van der Waals surface area contributed by atoms with E-state index in [0.717, 1.165) is 96.3 Å². The number of hydrogen-bond donors (Lipinski definition) is 4. The van der Waals surface area contributed by atoms with Gasteiger partial charge in [0.05, 0.1) is 0 Å². The van der Waals surface area contributed by atoms with E-state index in [2.05, 4.69) is 11.0 Å². The topological polar surface area (TPSA) is 339 Å². The summed E-state index contributed by atoms with van der Waals surface area (Å²) in [6.45, 7) is 8.00. The van der Waals surface area contributed by atoms with Gasteiger partial charge in [0.25, 0.3) is 0 Å². The van der Waals surface area contributed by atoms with E-state index in [0.29, 0.717) is 122 Å². The molecule has 0 amide bonds. The molecule has 0 radical (unpaired) electrons. The lowest BCUT2D eigenvalue weighted by atomic mass is 10.1. The van der Waals surface area contributed by atoms with Gasteiger partial charge in [-0.1, -0.05) is 137 Å². The molecule has 0 aromatic rings. The van der Waals surface area contributed by atoms with Crippen LogP contribution in [0.25, 0.3) is 0 Å². The molecule has 0 aliphatic carbocycles. The number of ether oxygens (including phenoxy) is 8. The average Bonchev–Trinajstić information content (AvgIpc) is 3.50. The summed E-state index contributed by atoms with van der Waals surface area (Å²) in [4.78, 5) is 134.